The standard InChI is InChI=1S/C22H23NO2/c1-25-20-14-12-19(13-15-20)22(24)21(18-10-6-3-7-11-18)23-16-17-8-4-2-5-9-17/h2-15,21-24H,16H2,1H3. The van der Waals surface area contributed by atoms with Crippen molar-refractivity contribution in [3.63, 3.8) is 0 Å². The maximum Gasteiger partial charge on any atom is 0.118 e. The van der Waals surface area contributed by atoms with Crippen LogP contribution in [0.2, 0.25) is 0 Å². The molecule has 0 aromatic heterocycles. The lowest BCUT2D eigenvalue weighted by Gasteiger charge is -2.25. The number of methoxy groups -OCH3 is 1. The number of nitrogens with one attached hydrogen (secondary N) is 1. The van der Waals surface area contributed by atoms with Crippen molar-refractivity contribution in [3.05, 3.63) is 102 Å². The Hall–Kier alpha value is -2.62. The fraction of sp³-hybridized carbons (Fsp3) is 0.182. The van der Waals surface area contributed by atoms with Gasteiger partial charge in [0, 0.05) is 6.54 Å². The van der Waals surface area contributed by atoms with Crippen molar-refractivity contribution in [2.24, 2.45) is 0 Å². The van der Waals surface area contributed by atoms with Gasteiger partial charge in [0.15, 0.2) is 0 Å². The minimum absolute atomic E-state index is 0.199. The molecule has 2 N–H and O–H groups in total. The summed E-state index contributed by atoms with van der Waals surface area (Å²) in [6, 6.07) is 27.6. The Kier molecular flexibility index (Phi) is 5.83. The van der Waals surface area contributed by atoms with Gasteiger partial charge >= 0.3 is 0 Å². The minimum Gasteiger partial charge on any atom is -0.497 e. The zero-order chi connectivity index (χ0) is 17.5. The second kappa shape index (κ2) is 8.47. The van der Waals surface area contributed by atoms with Crippen LogP contribution in [0.5, 0.6) is 5.75 Å². The summed E-state index contributed by atoms with van der Waals surface area (Å²) in [4.78, 5) is 0. The van der Waals surface area contributed by atoms with E-state index in [9.17, 15) is 5.11 Å². The first-order valence-electron chi connectivity index (χ1n) is 8.42. The molecule has 0 aliphatic carbocycles. The zero-order valence-electron chi connectivity index (χ0n) is 14.3. The molecule has 3 heteroatoms. The highest BCUT2D eigenvalue weighted by molar-refractivity contribution is 5.31. The highest BCUT2D eigenvalue weighted by atomic mass is 16.5. The average molecular weight is 333 g/mol. The van der Waals surface area contributed by atoms with Crippen molar-refractivity contribution in [3.8, 4) is 5.75 Å². The fourth-order valence-corrected chi connectivity index (χ4v) is 2.89. The fourth-order valence-electron chi connectivity index (χ4n) is 2.89. The highest BCUT2D eigenvalue weighted by Crippen LogP contribution is 2.30. The molecule has 0 aliphatic heterocycles. The summed E-state index contributed by atoms with van der Waals surface area (Å²) in [6.07, 6.45) is -0.656. The first-order chi connectivity index (χ1) is 12.3. The predicted octanol–water partition coefficient (Wildman–Crippen LogP) is 4.26. The molecule has 0 spiro atoms. The van der Waals surface area contributed by atoms with Crippen LogP contribution >= 0.6 is 0 Å². The van der Waals surface area contributed by atoms with Gasteiger partial charge in [0.1, 0.15) is 5.75 Å². The summed E-state index contributed by atoms with van der Waals surface area (Å²) in [5, 5.41) is 14.5. The number of hydrogen-bond acceptors (Lipinski definition) is 3. The monoisotopic (exact) mass is 333 g/mol. The molecular formula is C22H23NO2. The van der Waals surface area contributed by atoms with Crippen LogP contribution in [-0.2, 0) is 6.54 Å². The molecule has 0 saturated heterocycles. The normalized spacial score (nSPS) is 13.2. The van der Waals surface area contributed by atoms with Gasteiger partial charge in [-0.15, -0.1) is 0 Å². The lowest BCUT2D eigenvalue weighted by Crippen LogP contribution is -2.27. The summed E-state index contributed by atoms with van der Waals surface area (Å²) >= 11 is 0. The van der Waals surface area contributed by atoms with Gasteiger partial charge in [-0.25, -0.2) is 0 Å². The van der Waals surface area contributed by atoms with E-state index in [0.717, 1.165) is 16.9 Å². The molecule has 0 amide bonds. The third kappa shape index (κ3) is 4.47. The Morgan fingerprint density at radius 2 is 1.40 bits per heavy atom. The Morgan fingerprint density at radius 3 is 2.00 bits per heavy atom. The van der Waals surface area contributed by atoms with Gasteiger partial charge in [0.2, 0.25) is 0 Å². The Bertz CT molecular complexity index is 757. The number of rotatable bonds is 7. The quantitative estimate of drug-likeness (QED) is 0.679. The second-order valence-electron chi connectivity index (χ2n) is 5.97. The predicted molar refractivity (Wildman–Crippen MR) is 100 cm³/mol. The Balaban J connectivity index is 1.82. The number of hydrogen-bond donors (Lipinski definition) is 2. The molecule has 0 heterocycles. The number of aliphatic hydroxyl groups excluding tert-OH is 1. The van der Waals surface area contributed by atoms with E-state index in [1.165, 1.54) is 5.56 Å². The van der Waals surface area contributed by atoms with Gasteiger partial charge in [-0.3, -0.25) is 0 Å². The maximum atomic E-state index is 11.0. The molecule has 0 fully saturated rings. The van der Waals surface area contributed by atoms with Gasteiger partial charge in [-0.1, -0.05) is 72.8 Å². The molecule has 0 aliphatic rings. The van der Waals surface area contributed by atoms with E-state index in [0.29, 0.717) is 6.54 Å². The molecule has 128 valence electrons. The summed E-state index contributed by atoms with van der Waals surface area (Å²) < 4.78 is 5.20. The molecule has 3 nitrogen and oxygen atoms in total. The molecule has 3 rings (SSSR count). The van der Waals surface area contributed by atoms with Gasteiger partial charge in [0.25, 0.3) is 0 Å². The highest BCUT2D eigenvalue weighted by Gasteiger charge is 2.22. The van der Waals surface area contributed by atoms with Crippen LogP contribution in [0.3, 0.4) is 0 Å². The number of ether oxygens (including phenoxy) is 1. The van der Waals surface area contributed by atoms with Gasteiger partial charge in [0.05, 0.1) is 19.3 Å². The van der Waals surface area contributed by atoms with E-state index in [-0.39, 0.29) is 6.04 Å². The van der Waals surface area contributed by atoms with Crippen molar-refractivity contribution < 1.29 is 9.84 Å². The van der Waals surface area contributed by atoms with E-state index in [1.54, 1.807) is 7.11 Å². The van der Waals surface area contributed by atoms with E-state index in [4.69, 9.17) is 4.74 Å². The van der Waals surface area contributed by atoms with Gasteiger partial charge < -0.3 is 15.2 Å². The van der Waals surface area contributed by atoms with E-state index in [2.05, 4.69) is 17.4 Å². The number of benzene rings is 3. The van der Waals surface area contributed by atoms with Crippen molar-refractivity contribution >= 4 is 0 Å². The molecule has 0 saturated carbocycles. The molecule has 0 radical (unpaired) electrons. The molecule has 3 aromatic rings. The molecular weight excluding hydrogens is 310 g/mol. The van der Waals surface area contributed by atoms with Crippen molar-refractivity contribution in [2.45, 2.75) is 18.7 Å². The second-order valence-corrected chi connectivity index (χ2v) is 5.97. The molecule has 3 aromatic carbocycles. The smallest absolute Gasteiger partial charge is 0.118 e. The van der Waals surface area contributed by atoms with Crippen LogP contribution in [0.4, 0.5) is 0 Å². The number of aliphatic hydroxyl groups is 1. The molecule has 2 atom stereocenters. The van der Waals surface area contributed by atoms with Gasteiger partial charge in [-0.2, -0.15) is 0 Å². The van der Waals surface area contributed by atoms with E-state index >= 15 is 0 Å². The minimum atomic E-state index is -0.656. The molecule has 0 bridgehead atoms. The van der Waals surface area contributed by atoms with Crippen LogP contribution in [0.15, 0.2) is 84.9 Å². The van der Waals surface area contributed by atoms with Crippen molar-refractivity contribution in [1.82, 2.24) is 5.32 Å². The van der Waals surface area contributed by atoms with Crippen LogP contribution < -0.4 is 10.1 Å². The topological polar surface area (TPSA) is 41.5 Å². The maximum absolute atomic E-state index is 11.0. The first-order valence-corrected chi connectivity index (χ1v) is 8.42. The van der Waals surface area contributed by atoms with Crippen LogP contribution in [-0.4, -0.2) is 12.2 Å². The van der Waals surface area contributed by atoms with E-state index < -0.39 is 6.10 Å². The van der Waals surface area contributed by atoms with Crippen LogP contribution in [0.25, 0.3) is 0 Å². The average Bonchev–Trinajstić information content (AvgIpc) is 2.69. The molecule has 25 heavy (non-hydrogen) atoms. The summed E-state index contributed by atoms with van der Waals surface area (Å²) in [5.41, 5.74) is 3.10. The van der Waals surface area contributed by atoms with Gasteiger partial charge in [-0.05, 0) is 28.8 Å². The largest absolute Gasteiger partial charge is 0.497 e. The SMILES string of the molecule is COc1ccc(C(O)C(NCc2ccccc2)c2ccccc2)cc1. The van der Waals surface area contributed by atoms with Crippen molar-refractivity contribution in [2.75, 3.05) is 7.11 Å². The Labute approximate surface area is 148 Å². The third-order valence-electron chi connectivity index (χ3n) is 4.30. The zero-order valence-corrected chi connectivity index (χ0v) is 14.3. The molecule has 2 unspecified atom stereocenters. The summed E-state index contributed by atoms with van der Waals surface area (Å²) in [6.45, 7) is 0.688. The summed E-state index contributed by atoms with van der Waals surface area (Å²) in [5.74, 6) is 0.782. The summed E-state index contributed by atoms with van der Waals surface area (Å²) in [7, 11) is 1.64. The Morgan fingerprint density at radius 1 is 0.800 bits per heavy atom. The lowest BCUT2D eigenvalue weighted by atomic mass is 9.95. The first kappa shape index (κ1) is 17.2. The third-order valence-corrected chi connectivity index (χ3v) is 4.30. The van der Waals surface area contributed by atoms with Crippen molar-refractivity contribution in [1.29, 1.82) is 0 Å². The van der Waals surface area contributed by atoms with Crippen LogP contribution in [0, 0.1) is 0 Å². The van der Waals surface area contributed by atoms with E-state index in [1.807, 2.05) is 72.8 Å². The van der Waals surface area contributed by atoms with Crippen LogP contribution in [0.1, 0.15) is 28.8 Å². The lowest BCUT2D eigenvalue weighted by molar-refractivity contribution is 0.127.